The Morgan fingerprint density at radius 3 is 2.23 bits per heavy atom. The van der Waals surface area contributed by atoms with Gasteiger partial charge in [-0.2, -0.15) is 0 Å². The summed E-state index contributed by atoms with van der Waals surface area (Å²) in [5.74, 6) is -0.352. The Morgan fingerprint density at radius 1 is 1.13 bits per heavy atom. The van der Waals surface area contributed by atoms with E-state index in [2.05, 4.69) is 5.32 Å². The molecule has 7 nitrogen and oxygen atoms in total. The highest BCUT2D eigenvalue weighted by Gasteiger charge is 2.23. The number of carbonyl (C=O) groups excluding carboxylic acids is 3. The highest BCUT2D eigenvalue weighted by atomic mass is 16.6. The molecular weight excluding hydrogens is 396 g/mol. The molecule has 1 aromatic carbocycles. The SMILES string of the molecule is CC(=O)C(CCCCNC(=O)OC(C)(C)C)CC(=O)C(N)Cc1c(C)cc(O)cc1C. The van der Waals surface area contributed by atoms with Crippen molar-refractivity contribution in [1.82, 2.24) is 5.32 Å². The molecule has 7 heteroatoms. The number of hydrogen-bond donors (Lipinski definition) is 3. The summed E-state index contributed by atoms with van der Waals surface area (Å²) in [5, 5.41) is 12.4. The molecule has 0 saturated carbocycles. The summed E-state index contributed by atoms with van der Waals surface area (Å²) < 4.78 is 5.18. The topological polar surface area (TPSA) is 119 Å². The molecule has 31 heavy (non-hydrogen) atoms. The Bertz CT molecular complexity index is 760. The van der Waals surface area contributed by atoms with E-state index in [4.69, 9.17) is 10.5 Å². The molecule has 0 heterocycles. The third-order valence-electron chi connectivity index (χ3n) is 5.19. The van der Waals surface area contributed by atoms with Gasteiger partial charge in [-0.05, 0) is 89.6 Å². The van der Waals surface area contributed by atoms with Crippen LogP contribution >= 0.6 is 0 Å². The molecule has 0 fully saturated rings. The van der Waals surface area contributed by atoms with Gasteiger partial charge >= 0.3 is 6.09 Å². The van der Waals surface area contributed by atoms with Gasteiger partial charge in [-0.25, -0.2) is 4.79 Å². The molecule has 4 N–H and O–H groups in total. The first kappa shape index (κ1) is 26.6. The lowest BCUT2D eigenvalue weighted by Crippen LogP contribution is -2.35. The Kier molecular flexibility index (Phi) is 10.2. The van der Waals surface area contributed by atoms with Crippen LogP contribution in [-0.2, 0) is 20.7 Å². The third kappa shape index (κ3) is 9.96. The van der Waals surface area contributed by atoms with Crippen LogP contribution in [0.1, 0.15) is 70.1 Å². The molecule has 2 atom stereocenters. The molecule has 0 aliphatic heterocycles. The van der Waals surface area contributed by atoms with Crippen molar-refractivity contribution in [1.29, 1.82) is 0 Å². The molecule has 174 valence electrons. The largest absolute Gasteiger partial charge is 0.508 e. The summed E-state index contributed by atoms with van der Waals surface area (Å²) in [7, 11) is 0. The molecule has 0 aliphatic rings. The summed E-state index contributed by atoms with van der Waals surface area (Å²) in [6.45, 7) is 11.1. The minimum absolute atomic E-state index is 0.0300. The molecule has 0 aliphatic carbocycles. The lowest BCUT2D eigenvalue weighted by molar-refractivity contribution is -0.127. The fourth-order valence-corrected chi connectivity index (χ4v) is 3.49. The fraction of sp³-hybridized carbons (Fsp3) is 0.625. The predicted octanol–water partition coefficient (Wildman–Crippen LogP) is 3.74. The van der Waals surface area contributed by atoms with Gasteiger partial charge in [-0.3, -0.25) is 9.59 Å². The predicted molar refractivity (Wildman–Crippen MR) is 121 cm³/mol. The number of Topliss-reactive ketones (excluding diaryl/α,β-unsaturated/α-hetero) is 2. The lowest BCUT2D eigenvalue weighted by atomic mass is 9.88. The van der Waals surface area contributed by atoms with Crippen LogP contribution in [0.15, 0.2) is 12.1 Å². The van der Waals surface area contributed by atoms with E-state index in [1.165, 1.54) is 6.92 Å². The van der Waals surface area contributed by atoms with E-state index in [-0.39, 0.29) is 29.7 Å². The number of nitrogens with one attached hydrogen (secondary N) is 1. The number of aryl methyl sites for hydroxylation is 2. The van der Waals surface area contributed by atoms with Crippen molar-refractivity contribution in [3.8, 4) is 5.75 Å². The molecule has 1 rings (SSSR count). The highest BCUT2D eigenvalue weighted by molar-refractivity contribution is 5.89. The molecule has 1 aromatic rings. The number of phenolic OH excluding ortho intramolecular Hbond substituents is 1. The number of benzene rings is 1. The Hall–Kier alpha value is -2.41. The van der Waals surface area contributed by atoms with Gasteiger partial charge in [0.05, 0.1) is 6.04 Å². The summed E-state index contributed by atoms with van der Waals surface area (Å²) in [4.78, 5) is 36.3. The highest BCUT2D eigenvalue weighted by Crippen LogP contribution is 2.23. The Morgan fingerprint density at radius 2 is 1.71 bits per heavy atom. The number of hydrogen-bond acceptors (Lipinski definition) is 6. The minimum atomic E-state index is -0.697. The third-order valence-corrected chi connectivity index (χ3v) is 5.19. The summed E-state index contributed by atoms with van der Waals surface area (Å²) in [6, 6.07) is 2.62. The van der Waals surface area contributed by atoms with Crippen molar-refractivity contribution in [2.45, 2.75) is 85.3 Å². The number of alkyl carbamates (subject to hydrolysis) is 1. The van der Waals surface area contributed by atoms with E-state index in [1.54, 1.807) is 32.9 Å². The molecular formula is C24H38N2O5. The molecule has 2 unspecified atom stereocenters. The summed E-state index contributed by atoms with van der Waals surface area (Å²) in [6.07, 6.45) is 2.00. The number of rotatable bonds is 11. The molecule has 0 aromatic heterocycles. The van der Waals surface area contributed by atoms with Gasteiger partial charge in [-0.15, -0.1) is 0 Å². The average molecular weight is 435 g/mol. The van der Waals surface area contributed by atoms with Crippen molar-refractivity contribution in [3.63, 3.8) is 0 Å². The number of amides is 1. The number of unbranched alkanes of at least 4 members (excludes halogenated alkanes) is 1. The van der Waals surface area contributed by atoms with Gasteiger partial charge in [0.1, 0.15) is 17.1 Å². The number of aromatic hydroxyl groups is 1. The van der Waals surface area contributed by atoms with Gasteiger partial charge in [0, 0.05) is 18.9 Å². The van der Waals surface area contributed by atoms with Crippen LogP contribution in [0.25, 0.3) is 0 Å². The second-order valence-corrected chi connectivity index (χ2v) is 9.27. The molecule has 0 saturated heterocycles. The van der Waals surface area contributed by atoms with Crippen molar-refractivity contribution >= 4 is 17.7 Å². The van der Waals surface area contributed by atoms with Gasteiger partial charge in [0.25, 0.3) is 0 Å². The molecule has 0 spiro atoms. The van der Waals surface area contributed by atoms with Gasteiger partial charge < -0.3 is 20.9 Å². The Labute approximate surface area is 185 Å². The van der Waals surface area contributed by atoms with Gasteiger partial charge in [0.15, 0.2) is 5.78 Å². The van der Waals surface area contributed by atoms with Crippen LogP contribution < -0.4 is 11.1 Å². The first-order chi connectivity index (χ1) is 14.3. The fourth-order valence-electron chi connectivity index (χ4n) is 3.49. The standard InChI is InChI=1S/C24H38N2O5/c1-15-11-19(28)12-16(2)20(15)14-21(25)22(29)13-18(17(3)27)9-7-8-10-26-23(30)31-24(4,5)6/h11-12,18,21,28H,7-10,13-14,25H2,1-6H3,(H,26,30). The second kappa shape index (κ2) is 11.8. The maximum Gasteiger partial charge on any atom is 0.407 e. The van der Waals surface area contributed by atoms with E-state index in [9.17, 15) is 19.5 Å². The van der Waals surface area contributed by atoms with E-state index < -0.39 is 17.7 Å². The maximum absolute atomic E-state index is 12.7. The van der Waals surface area contributed by atoms with Crippen LogP contribution in [0.3, 0.4) is 0 Å². The number of carbonyl (C=O) groups is 3. The van der Waals surface area contributed by atoms with E-state index >= 15 is 0 Å². The number of ether oxygens (including phenoxy) is 1. The van der Waals surface area contributed by atoms with E-state index in [0.717, 1.165) is 16.7 Å². The smallest absolute Gasteiger partial charge is 0.407 e. The molecule has 0 radical (unpaired) electrons. The molecule has 0 bridgehead atoms. The van der Waals surface area contributed by atoms with Crippen LogP contribution in [0, 0.1) is 19.8 Å². The zero-order chi connectivity index (χ0) is 23.8. The van der Waals surface area contributed by atoms with E-state index in [1.807, 2.05) is 13.8 Å². The normalized spacial score (nSPS) is 13.4. The van der Waals surface area contributed by atoms with Crippen molar-refractivity contribution in [2.24, 2.45) is 11.7 Å². The zero-order valence-corrected chi connectivity index (χ0v) is 19.7. The average Bonchev–Trinajstić information content (AvgIpc) is 2.61. The van der Waals surface area contributed by atoms with Gasteiger partial charge in [0.2, 0.25) is 0 Å². The monoisotopic (exact) mass is 434 g/mol. The number of phenols is 1. The maximum atomic E-state index is 12.7. The molecule has 1 amide bonds. The van der Waals surface area contributed by atoms with Crippen molar-refractivity contribution < 1.29 is 24.2 Å². The van der Waals surface area contributed by atoms with Crippen LogP contribution in [0.2, 0.25) is 0 Å². The first-order valence-corrected chi connectivity index (χ1v) is 10.8. The lowest BCUT2D eigenvalue weighted by Gasteiger charge is -2.20. The number of nitrogens with two attached hydrogens (primary N) is 1. The van der Waals surface area contributed by atoms with Crippen molar-refractivity contribution in [3.05, 3.63) is 28.8 Å². The van der Waals surface area contributed by atoms with E-state index in [0.29, 0.717) is 32.2 Å². The summed E-state index contributed by atoms with van der Waals surface area (Å²) in [5.41, 5.74) is 8.34. The zero-order valence-electron chi connectivity index (χ0n) is 19.7. The quantitative estimate of drug-likeness (QED) is 0.457. The number of ketones is 2. The first-order valence-electron chi connectivity index (χ1n) is 10.8. The second-order valence-electron chi connectivity index (χ2n) is 9.27. The van der Waals surface area contributed by atoms with Gasteiger partial charge in [-0.1, -0.05) is 6.42 Å². The van der Waals surface area contributed by atoms with Crippen LogP contribution in [0.4, 0.5) is 4.79 Å². The Balaban J connectivity index is 2.51. The van der Waals surface area contributed by atoms with Crippen molar-refractivity contribution in [2.75, 3.05) is 6.54 Å². The minimum Gasteiger partial charge on any atom is -0.508 e. The van der Waals surface area contributed by atoms with Crippen LogP contribution in [-0.4, -0.2) is 41.0 Å². The van der Waals surface area contributed by atoms with Crippen LogP contribution in [0.5, 0.6) is 5.75 Å². The summed E-state index contributed by atoms with van der Waals surface area (Å²) >= 11 is 0.